The van der Waals surface area contributed by atoms with Crippen molar-refractivity contribution in [1.29, 1.82) is 0 Å². The normalized spacial score (nSPS) is 19.4. The van der Waals surface area contributed by atoms with E-state index in [0.29, 0.717) is 6.54 Å². The second-order valence-electron chi connectivity index (χ2n) is 3.85. The molecule has 2 amide bonds. The fourth-order valence-corrected chi connectivity index (χ4v) is 1.78. The number of carbonyl (C=O) groups excluding carboxylic acids is 1. The summed E-state index contributed by atoms with van der Waals surface area (Å²) in [7, 11) is 0. The quantitative estimate of drug-likeness (QED) is 0.536. The Morgan fingerprint density at radius 3 is 2.88 bits per heavy atom. The van der Waals surface area contributed by atoms with E-state index in [1.54, 1.807) is 4.90 Å². The summed E-state index contributed by atoms with van der Waals surface area (Å²) in [5.41, 5.74) is 0. The van der Waals surface area contributed by atoms with Crippen LogP contribution in [-0.4, -0.2) is 66.1 Å². The molecule has 98 valence electrons. The minimum Gasteiger partial charge on any atom is -0.480 e. The van der Waals surface area contributed by atoms with Gasteiger partial charge in [0.2, 0.25) is 0 Å². The van der Waals surface area contributed by atoms with E-state index in [1.807, 2.05) is 0 Å². The largest absolute Gasteiger partial charge is 0.480 e. The van der Waals surface area contributed by atoms with E-state index < -0.39 is 5.97 Å². The van der Waals surface area contributed by atoms with Crippen molar-refractivity contribution < 1.29 is 24.5 Å². The number of hydrogen-bond donors (Lipinski definition) is 3. The Morgan fingerprint density at radius 1 is 1.47 bits per heavy atom. The fourth-order valence-electron chi connectivity index (χ4n) is 1.78. The van der Waals surface area contributed by atoms with Gasteiger partial charge in [-0.3, -0.25) is 0 Å². The average Bonchev–Trinajstić information content (AvgIpc) is 2.75. The summed E-state index contributed by atoms with van der Waals surface area (Å²) in [6.45, 7) is 0.686. The zero-order valence-corrected chi connectivity index (χ0v) is 9.59. The number of nitrogens with zero attached hydrogens (tertiary/aromatic N) is 1. The number of nitrogens with one attached hydrogen (secondary N) is 1. The van der Waals surface area contributed by atoms with Gasteiger partial charge in [0.05, 0.1) is 19.3 Å². The molecule has 0 aromatic rings. The third kappa shape index (κ3) is 4.58. The number of rotatable bonds is 6. The van der Waals surface area contributed by atoms with Crippen LogP contribution in [0.15, 0.2) is 0 Å². The molecule has 1 unspecified atom stereocenters. The van der Waals surface area contributed by atoms with Gasteiger partial charge in [0.15, 0.2) is 0 Å². The van der Waals surface area contributed by atoms with Gasteiger partial charge in [0.25, 0.3) is 0 Å². The minimum atomic E-state index is -1.03. The van der Waals surface area contributed by atoms with Crippen molar-refractivity contribution in [1.82, 2.24) is 10.2 Å². The number of aliphatic hydroxyl groups is 1. The molecule has 0 aromatic carbocycles. The first kappa shape index (κ1) is 13.7. The van der Waals surface area contributed by atoms with Crippen LogP contribution in [0.1, 0.15) is 12.8 Å². The second kappa shape index (κ2) is 7.08. The van der Waals surface area contributed by atoms with Crippen LogP contribution in [0, 0.1) is 0 Å². The Hall–Kier alpha value is -1.34. The number of aliphatic carboxylic acids is 1. The highest BCUT2D eigenvalue weighted by Crippen LogP contribution is 2.16. The van der Waals surface area contributed by atoms with Crippen molar-refractivity contribution in [3.8, 4) is 0 Å². The Kier molecular flexibility index (Phi) is 5.71. The molecule has 1 aliphatic rings. The molecule has 1 aliphatic heterocycles. The summed E-state index contributed by atoms with van der Waals surface area (Å²) in [5, 5.41) is 20.0. The predicted molar refractivity (Wildman–Crippen MR) is 58.7 cm³/mol. The maximum Gasteiger partial charge on any atom is 0.329 e. The molecular weight excluding hydrogens is 228 g/mol. The highest BCUT2D eigenvalue weighted by atomic mass is 16.5. The van der Waals surface area contributed by atoms with Gasteiger partial charge in [-0.25, -0.2) is 9.59 Å². The maximum atomic E-state index is 11.6. The van der Waals surface area contributed by atoms with E-state index >= 15 is 0 Å². The Balaban J connectivity index is 2.14. The van der Waals surface area contributed by atoms with Crippen molar-refractivity contribution >= 4 is 12.0 Å². The predicted octanol–water partition coefficient (Wildman–Crippen LogP) is -0.746. The van der Waals surface area contributed by atoms with Gasteiger partial charge in [0.1, 0.15) is 6.61 Å². The van der Waals surface area contributed by atoms with Crippen LogP contribution < -0.4 is 5.32 Å². The molecule has 1 fully saturated rings. The number of urea groups is 1. The minimum absolute atomic E-state index is 0.0249. The van der Waals surface area contributed by atoms with E-state index in [9.17, 15) is 9.59 Å². The number of carbonyl (C=O) groups is 2. The zero-order chi connectivity index (χ0) is 12.7. The Bertz CT molecular complexity index is 271. The molecule has 1 saturated heterocycles. The van der Waals surface area contributed by atoms with Crippen LogP contribution in [0.2, 0.25) is 0 Å². The van der Waals surface area contributed by atoms with Crippen molar-refractivity contribution in [2.24, 2.45) is 0 Å². The van der Waals surface area contributed by atoms with Crippen LogP contribution in [0.5, 0.6) is 0 Å². The van der Waals surface area contributed by atoms with Crippen LogP contribution in [0.25, 0.3) is 0 Å². The highest BCUT2D eigenvalue weighted by molar-refractivity contribution is 5.74. The molecule has 0 radical (unpaired) electrons. The number of hydrogen-bond acceptors (Lipinski definition) is 4. The van der Waals surface area contributed by atoms with Crippen LogP contribution in [-0.2, 0) is 9.53 Å². The number of aliphatic hydroxyl groups excluding tert-OH is 1. The van der Waals surface area contributed by atoms with E-state index in [4.69, 9.17) is 14.9 Å². The summed E-state index contributed by atoms with van der Waals surface area (Å²) < 4.78 is 4.78. The standard InChI is InChI=1S/C10H18N2O5/c13-6-8-2-1-4-12(8)10(16)11-3-5-17-7-9(14)15/h8,13H,1-7H2,(H,11,16)(H,14,15). The van der Waals surface area contributed by atoms with Gasteiger partial charge in [-0.05, 0) is 12.8 Å². The number of likely N-dealkylation sites (tertiary alicyclic amines) is 1. The first-order chi connectivity index (χ1) is 8.15. The van der Waals surface area contributed by atoms with E-state index in [0.717, 1.165) is 12.8 Å². The van der Waals surface area contributed by atoms with Crippen molar-refractivity contribution in [2.75, 3.05) is 32.9 Å². The van der Waals surface area contributed by atoms with E-state index in [-0.39, 0.29) is 38.4 Å². The van der Waals surface area contributed by atoms with Crippen LogP contribution in [0.4, 0.5) is 4.79 Å². The molecule has 0 saturated carbocycles. The topological polar surface area (TPSA) is 99.1 Å². The molecule has 7 heteroatoms. The van der Waals surface area contributed by atoms with Gasteiger partial charge in [-0.1, -0.05) is 0 Å². The molecule has 17 heavy (non-hydrogen) atoms. The summed E-state index contributed by atoms with van der Waals surface area (Å²) in [4.78, 5) is 23.4. The molecular formula is C10H18N2O5. The second-order valence-corrected chi connectivity index (χ2v) is 3.85. The number of ether oxygens (including phenoxy) is 1. The molecule has 0 aromatic heterocycles. The van der Waals surface area contributed by atoms with Crippen molar-refractivity contribution in [3.05, 3.63) is 0 Å². The van der Waals surface area contributed by atoms with Gasteiger partial charge in [-0.2, -0.15) is 0 Å². The molecule has 7 nitrogen and oxygen atoms in total. The summed E-state index contributed by atoms with van der Waals surface area (Å²) in [6.07, 6.45) is 1.72. The van der Waals surface area contributed by atoms with E-state index in [2.05, 4.69) is 5.32 Å². The number of carboxylic acids is 1. The average molecular weight is 246 g/mol. The number of amides is 2. The van der Waals surface area contributed by atoms with Gasteiger partial charge < -0.3 is 25.2 Å². The van der Waals surface area contributed by atoms with Gasteiger partial charge in [0, 0.05) is 13.1 Å². The number of carboxylic acid groups (broad SMARTS) is 1. The van der Waals surface area contributed by atoms with Crippen LogP contribution >= 0.6 is 0 Å². The third-order valence-corrected chi connectivity index (χ3v) is 2.60. The maximum absolute atomic E-state index is 11.6. The summed E-state index contributed by atoms with van der Waals surface area (Å²) in [6, 6.07) is -0.338. The Labute approximate surface area is 99.4 Å². The zero-order valence-electron chi connectivity index (χ0n) is 9.59. The first-order valence-electron chi connectivity index (χ1n) is 5.60. The lowest BCUT2D eigenvalue weighted by Gasteiger charge is -2.23. The molecule has 0 spiro atoms. The molecule has 1 atom stereocenters. The monoisotopic (exact) mass is 246 g/mol. The Morgan fingerprint density at radius 2 is 2.24 bits per heavy atom. The first-order valence-corrected chi connectivity index (χ1v) is 5.60. The van der Waals surface area contributed by atoms with Gasteiger partial charge in [-0.15, -0.1) is 0 Å². The SMILES string of the molecule is O=C(O)COCCNC(=O)N1CCCC1CO. The van der Waals surface area contributed by atoms with E-state index in [1.165, 1.54) is 0 Å². The lowest BCUT2D eigenvalue weighted by Crippen LogP contribution is -2.45. The third-order valence-electron chi connectivity index (χ3n) is 2.60. The molecule has 0 bridgehead atoms. The highest BCUT2D eigenvalue weighted by Gasteiger charge is 2.27. The fraction of sp³-hybridized carbons (Fsp3) is 0.800. The van der Waals surface area contributed by atoms with Gasteiger partial charge >= 0.3 is 12.0 Å². The lowest BCUT2D eigenvalue weighted by atomic mass is 10.2. The van der Waals surface area contributed by atoms with Crippen LogP contribution in [0.3, 0.4) is 0 Å². The smallest absolute Gasteiger partial charge is 0.329 e. The molecule has 1 rings (SSSR count). The molecule has 3 N–H and O–H groups in total. The summed E-state index contributed by atoms with van der Waals surface area (Å²) >= 11 is 0. The summed E-state index contributed by atoms with van der Waals surface area (Å²) in [5.74, 6) is -1.03. The lowest BCUT2D eigenvalue weighted by molar-refractivity contribution is -0.142. The van der Waals surface area contributed by atoms with Crippen molar-refractivity contribution in [2.45, 2.75) is 18.9 Å². The van der Waals surface area contributed by atoms with Crippen molar-refractivity contribution in [3.63, 3.8) is 0 Å². The molecule has 0 aliphatic carbocycles. The molecule has 1 heterocycles.